The number of thioether (sulfide) groups is 1. The number of carbonyl (C=O) groups is 6. The van der Waals surface area contributed by atoms with E-state index in [0.717, 1.165) is 48.7 Å². The molecule has 0 aromatic carbocycles. The maximum absolute atomic E-state index is 12.4. The molecule has 0 unspecified atom stereocenters. The molecule has 2 heterocycles. The van der Waals surface area contributed by atoms with Crippen molar-refractivity contribution in [3.63, 3.8) is 0 Å². The van der Waals surface area contributed by atoms with E-state index in [1.54, 1.807) is 0 Å². The van der Waals surface area contributed by atoms with E-state index in [2.05, 4.69) is 5.32 Å². The fourth-order valence-corrected chi connectivity index (χ4v) is 6.87. The first kappa shape index (κ1) is 39.1. The summed E-state index contributed by atoms with van der Waals surface area (Å²) in [5.74, 6) is -4.82. The minimum absolute atomic E-state index is 0.542. The van der Waals surface area contributed by atoms with Crippen molar-refractivity contribution < 1.29 is 83.8 Å². The van der Waals surface area contributed by atoms with Gasteiger partial charge in [-0.15, -0.1) is 11.8 Å². The molecule has 2 saturated heterocycles. The van der Waals surface area contributed by atoms with Crippen LogP contribution in [0.4, 0.5) is 0 Å². The predicted octanol–water partition coefficient (Wildman–Crippen LogP) is -1.20. The van der Waals surface area contributed by atoms with Crippen LogP contribution in [-0.4, -0.2) is 129 Å². The Bertz CT molecular complexity index is 1240. The van der Waals surface area contributed by atoms with E-state index < -0.39 is 119 Å². The van der Waals surface area contributed by atoms with Crippen molar-refractivity contribution in [3.8, 4) is 0 Å². The third-order valence-electron chi connectivity index (χ3n) is 6.17. The van der Waals surface area contributed by atoms with Gasteiger partial charge in [-0.1, -0.05) is 0 Å². The SMILES string of the molecule is CO[C@H]1O[C@H](COC(C)=O)[C@@H](S[C@@H]2O[C@H](COC(C)=O)[C@@H](OC(C)=O)[C@H](OC(C)=O)[C@H]2NC(C)=O)[C@H](OS(=O)(=O)O)[C@H]1OC(C)=O. The van der Waals surface area contributed by atoms with Crippen molar-refractivity contribution in [1.82, 2.24) is 5.32 Å². The fraction of sp³-hybridized carbons (Fsp3) is 0.760. The Kier molecular flexibility index (Phi) is 14.6. The van der Waals surface area contributed by atoms with Crippen LogP contribution in [0.1, 0.15) is 41.5 Å². The molecule has 2 aliphatic rings. The highest BCUT2D eigenvalue weighted by Gasteiger charge is 2.56. The van der Waals surface area contributed by atoms with Gasteiger partial charge < -0.3 is 43.2 Å². The number of esters is 5. The van der Waals surface area contributed by atoms with Gasteiger partial charge in [0.05, 0.1) is 5.25 Å². The molecule has 2 rings (SSSR count). The highest BCUT2D eigenvalue weighted by molar-refractivity contribution is 8.00. The summed E-state index contributed by atoms with van der Waals surface area (Å²) < 4.78 is 82.2. The number of methoxy groups -OCH3 is 1. The van der Waals surface area contributed by atoms with Crippen LogP contribution in [0.3, 0.4) is 0 Å². The highest BCUT2D eigenvalue weighted by Crippen LogP contribution is 2.41. The second-order valence-corrected chi connectivity index (χ2v) is 12.3. The second-order valence-electron chi connectivity index (χ2n) is 9.96. The van der Waals surface area contributed by atoms with Gasteiger partial charge in [0.15, 0.2) is 24.6 Å². The number of hydrogen-bond acceptors (Lipinski definition) is 18. The summed E-state index contributed by atoms with van der Waals surface area (Å²) >= 11 is 0.660. The molecule has 2 aliphatic heterocycles. The zero-order chi connectivity index (χ0) is 34.9. The standard InChI is InChI=1S/C25H37NO18S2/c1-10(27)26-18-20(40-14(5)31)19(39-13(4)30)16(8-37-11(2)28)43-25(18)45-23-17(9-38-12(3)29)42-24(36-7)22(41-15(6)32)21(23)44-46(33,34)35/h16-25H,8-9H2,1-7H3,(H,26,27)(H,33,34,35)/t16-,17-,18-,19-,20-,21-,22-,23-,24+,25+/m1/s1. The van der Waals surface area contributed by atoms with Gasteiger partial charge in [0.2, 0.25) is 5.91 Å². The average molecular weight is 704 g/mol. The van der Waals surface area contributed by atoms with E-state index in [9.17, 15) is 41.7 Å². The van der Waals surface area contributed by atoms with Crippen LogP contribution in [0.5, 0.6) is 0 Å². The largest absolute Gasteiger partial charge is 0.463 e. The lowest BCUT2D eigenvalue weighted by Crippen LogP contribution is -2.67. The summed E-state index contributed by atoms with van der Waals surface area (Å²) in [6.07, 6.45) is -10.6. The molecule has 2 fully saturated rings. The molecule has 2 N–H and O–H groups in total. The van der Waals surface area contributed by atoms with Crippen LogP contribution in [0, 0.1) is 0 Å². The van der Waals surface area contributed by atoms with Crippen LogP contribution in [0.25, 0.3) is 0 Å². The Morgan fingerprint density at radius 1 is 0.717 bits per heavy atom. The zero-order valence-electron chi connectivity index (χ0n) is 25.9. The smallest absolute Gasteiger partial charge is 0.397 e. The molecule has 0 aromatic rings. The Balaban J connectivity index is 2.73. The Hall–Kier alpha value is -3.08. The number of ether oxygens (including phenoxy) is 8. The van der Waals surface area contributed by atoms with Crippen molar-refractivity contribution in [2.24, 2.45) is 0 Å². The summed E-state index contributed by atoms with van der Waals surface area (Å²) in [6, 6.07) is -1.36. The van der Waals surface area contributed by atoms with Crippen LogP contribution in [0.15, 0.2) is 0 Å². The summed E-state index contributed by atoms with van der Waals surface area (Å²) in [4.78, 5) is 72.0. The molecule has 262 valence electrons. The maximum atomic E-state index is 12.4. The summed E-state index contributed by atoms with van der Waals surface area (Å²) in [6.45, 7) is 5.31. The summed E-state index contributed by atoms with van der Waals surface area (Å²) in [5, 5.41) is 1.14. The second kappa shape index (κ2) is 17.2. The van der Waals surface area contributed by atoms with E-state index in [4.69, 9.17) is 42.1 Å². The summed E-state index contributed by atoms with van der Waals surface area (Å²) in [7, 11) is -4.14. The van der Waals surface area contributed by atoms with Crippen molar-refractivity contribution in [3.05, 3.63) is 0 Å². The van der Waals surface area contributed by atoms with Crippen molar-refractivity contribution in [1.29, 1.82) is 0 Å². The van der Waals surface area contributed by atoms with E-state index in [-0.39, 0.29) is 0 Å². The van der Waals surface area contributed by atoms with Crippen LogP contribution in [0.2, 0.25) is 0 Å². The molecule has 0 radical (unpaired) electrons. The fourth-order valence-electron chi connectivity index (χ4n) is 4.69. The van der Waals surface area contributed by atoms with Gasteiger partial charge in [-0.05, 0) is 0 Å². The van der Waals surface area contributed by atoms with Gasteiger partial charge in [-0.3, -0.25) is 33.3 Å². The number of nitrogens with one attached hydrogen (secondary N) is 1. The van der Waals surface area contributed by atoms with E-state index in [1.165, 1.54) is 0 Å². The lowest BCUT2D eigenvalue weighted by atomic mass is 9.97. The van der Waals surface area contributed by atoms with Gasteiger partial charge in [0.1, 0.15) is 43.0 Å². The van der Waals surface area contributed by atoms with Crippen molar-refractivity contribution >= 4 is 57.9 Å². The molecule has 0 bridgehead atoms. The molecule has 46 heavy (non-hydrogen) atoms. The van der Waals surface area contributed by atoms with Crippen molar-refractivity contribution in [2.75, 3.05) is 20.3 Å². The van der Waals surface area contributed by atoms with Gasteiger partial charge in [-0.25, -0.2) is 4.18 Å². The molecular weight excluding hydrogens is 666 g/mol. The lowest BCUT2D eigenvalue weighted by molar-refractivity contribution is -0.263. The molecule has 10 atom stereocenters. The van der Waals surface area contributed by atoms with Crippen LogP contribution < -0.4 is 5.32 Å². The third kappa shape index (κ3) is 11.9. The average Bonchev–Trinajstić information content (AvgIpc) is 2.90. The molecule has 0 aliphatic carbocycles. The summed E-state index contributed by atoms with van der Waals surface area (Å²) in [5.41, 5.74) is -1.40. The minimum atomic E-state index is -5.28. The topological polar surface area (TPSA) is 252 Å². The van der Waals surface area contributed by atoms with Gasteiger partial charge in [-0.2, -0.15) is 8.42 Å². The molecule has 19 nitrogen and oxygen atoms in total. The van der Waals surface area contributed by atoms with E-state index in [0.29, 0.717) is 11.8 Å². The quantitative estimate of drug-likeness (QED) is 0.130. The first-order valence-electron chi connectivity index (χ1n) is 13.5. The zero-order valence-corrected chi connectivity index (χ0v) is 27.5. The normalized spacial score (nSPS) is 31.1. The molecular formula is C25H37NO18S2. The van der Waals surface area contributed by atoms with Crippen LogP contribution in [-0.2, 0) is 81.2 Å². The number of rotatable bonds is 13. The number of carbonyl (C=O) groups excluding carboxylic acids is 6. The van der Waals surface area contributed by atoms with E-state index in [1.807, 2.05) is 0 Å². The highest BCUT2D eigenvalue weighted by atomic mass is 32.3. The monoisotopic (exact) mass is 703 g/mol. The molecule has 21 heteroatoms. The number of amides is 1. The van der Waals surface area contributed by atoms with Crippen LogP contribution >= 0.6 is 11.8 Å². The minimum Gasteiger partial charge on any atom is -0.463 e. The van der Waals surface area contributed by atoms with Crippen molar-refractivity contribution in [2.45, 2.75) is 101 Å². The number of hydrogen-bond donors (Lipinski definition) is 2. The first-order valence-corrected chi connectivity index (χ1v) is 15.8. The third-order valence-corrected chi connectivity index (χ3v) is 8.20. The first-order chi connectivity index (χ1) is 21.3. The van der Waals surface area contributed by atoms with E-state index >= 15 is 0 Å². The van der Waals surface area contributed by atoms with Gasteiger partial charge >= 0.3 is 40.2 Å². The predicted molar refractivity (Wildman–Crippen MR) is 150 cm³/mol. The molecule has 1 amide bonds. The van der Waals surface area contributed by atoms with Gasteiger partial charge in [0.25, 0.3) is 0 Å². The maximum Gasteiger partial charge on any atom is 0.397 e. The van der Waals surface area contributed by atoms with Gasteiger partial charge in [0, 0.05) is 48.7 Å². The molecule has 0 spiro atoms. The lowest BCUT2D eigenvalue weighted by Gasteiger charge is -2.48. The Morgan fingerprint density at radius 3 is 1.67 bits per heavy atom. The Morgan fingerprint density at radius 2 is 1.22 bits per heavy atom. The molecule has 0 saturated carbocycles. The Labute approximate surface area is 268 Å². The molecule has 0 aromatic heterocycles.